The van der Waals surface area contributed by atoms with Gasteiger partial charge in [-0.2, -0.15) is 0 Å². The van der Waals surface area contributed by atoms with Crippen molar-refractivity contribution in [1.29, 1.82) is 0 Å². The van der Waals surface area contributed by atoms with Crippen LogP contribution in [-0.4, -0.2) is 20.3 Å². The Bertz CT molecular complexity index is 424. The van der Waals surface area contributed by atoms with E-state index < -0.39 is 0 Å². The third kappa shape index (κ3) is 3.75. The van der Waals surface area contributed by atoms with Gasteiger partial charge in [-0.1, -0.05) is 18.6 Å². The van der Waals surface area contributed by atoms with Crippen LogP contribution < -0.4 is 15.2 Å². The van der Waals surface area contributed by atoms with Gasteiger partial charge in [0.15, 0.2) is 11.5 Å². The zero-order valence-electron chi connectivity index (χ0n) is 11.1. The Morgan fingerprint density at radius 1 is 1.39 bits per heavy atom. The Labute approximate surface area is 117 Å². The van der Waals surface area contributed by atoms with E-state index in [-0.39, 0.29) is 0 Å². The highest BCUT2D eigenvalue weighted by molar-refractivity contribution is 9.10. The van der Waals surface area contributed by atoms with Crippen LogP contribution in [0.4, 0.5) is 0 Å². The molecule has 0 atom stereocenters. The number of halogens is 1. The Balaban J connectivity index is 3.19. The summed E-state index contributed by atoms with van der Waals surface area (Å²) in [5.74, 6) is 1.47. The van der Waals surface area contributed by atoms with Crippen molar-refractivity contribution in [2.45, 2.75) is 20.3 Å². The van der Waals surface area contributed by atoms with Crippen LogP contribution in [-0.2, 0) is 0 Å². The Morgan fingerprint density at radius 3 is 2.61 bits per heavy atom. The highest BCUT2D eigenvalue weighted by Gasteiger charge is 2.10. The summed E-state index contributed by atoms with van der Waals surface area (Å²) in [6, 6.07) is 3.98. The molecule has 2 N–H and O–H groups in total. The fourth-order valence-corrected chi connectivity index (χ4v) is 2.29. The summed E-state index contributed by atoms with van der Waals surface area (Å²) in [6.45, 7) is 5.23. The normalized spacial score (nSPS) is 11.5. The van der Waals surface area contributed by atoms with Gasteiger partial charge in [-0.15, -0.1) is 0 Å². The third-order valence-corrected chi connectivity index (χ3v) is 3.21. The average Bonchev–Trinajstić information content (AvgIpc) is 2.36. The minimum Gasteiger partial charge on any atom is -0.492 e. The smallest absolute Gasteiger partial charge is 0.174 e. The van der Waals surface area contributed by atoms with Crippen LogP contribution in [0.15, 0.2) is 22.2 Å². The van der Waals surface area contributed by atoms with Crippen molar-refractivity contribution >= 4 is 22.0 Å². The summed E-state index contributed by atoms with van der Waals surface area (Å²) in [4.78, 5) is 0. The number of benzene rings is 1. The first kappa shape index (κ1) is 15.1. The van der Waals surface area contributed by atoms with Crippen LogP contribution in [0.2, 0.25) is 0 Å². The molecule has 1 aromatic carbocycles. The summed E-state index contributed by atoms with van der Waals surface area (Å²) in [6.07, 6.45) is 3.04. The number of hydrogen-bond acceptors (Lipinski definition) is 3. The van der Waals surface area contributed by atoms with Gasteiger partial charge in [-0.05, 0) is 47.0 Å². The van der Waals surface area contributed by atoms with Gasteiger partial charge in [0.25, 0.3) is 0 Å². The lowest BCUT2D eigenvalue weighted by Crippen LogP contribution is -2.02. The van der Waals surface area contributed by atoms with Gasteiger partial charge in [-0.25, -0.2) is 0 Å². The van der Waals surface area contributed by atoms with Crippen LogP contribution in [0, 0.1) is 0 Å². The predicted molar refractivity (Wildman–Crippen MR) is 79.2 cm³/mol. The standard InChI is InChI=1S/C14H20BrNO2/c1-4-10(9-16)6-11-7-12(15)14(17-3)13(8-11)18-5-2/h6-8H,4-5,9,16H2,1-3H3. The monoisotopic (exact) mass is 313 g/mol. The Kier molecular flexibility index (Phi) is 6.22. The molecule has 0 aliphatic heterocycles. The van der Waals surface area contributed by atoms with Crippen LogP contribution in [0.1, 0.15) is 25.8 Å². The molecule has 0 unspecified atom stereocenters. The second kappa shape index (κ2) is 7.44. The first-order valence-electron chi connectivity index (χ1n) is 6.06. The second-order valence-electron chi connectivity index (χ2n) is 3.83. The molecule has 0 spiro atoms. The fourth-order valence-electron chi connectivity index (χ4n) is 1.67. The van der Waals surface area contributed by atoms with E-state index >= 15 is 0 Å². The van der Waals surface area contributed by atoms with Gasteiger partial charge >= 0.3 is 0 Å². The van der Waals surface area contributed by atoms with Crippen molar-refractivity contribution in [3.05, 3.63) is 27.7 Å². The molecular weight excluding hydrogens is 294 g/mol. The summed E-state index contributed by atoms with van der Waals surface area (Å²) in [5, 5.41) is 0. The van der Waals surface area contributed by atoms with Gasteiger partial charge in [-0.3, -0.25) is 0 Å². The second-order valence-corrected chi connectivity index (χ2v) is 4.68. The van der Waals surface area contributed by atoms with Crippen LogP contribution in [0.3, 0.4) is 0 Å². The van der Waals surface area contributed by atoms with E-state index in [4.69, 9.17) is 15.2 Å². The van der Waals surface area contributed by atoms with E-state index in [9.17, 15) is 0 Å². The molecule has 0 amide bonds. The zero-order chi connectivity index (χ0) is 13.5. The van der Waals surface area contributed by atoms with Gasteiger partial charge < -0.3 is 15.2 Å². The third-order valence-electron chi connectivity index (χ3n) is 2.62. The average molecular weight is 314 g/mol. The summed E-state index contributed by atoms with van der Waals surface area (Å²) in [7, 11) is 1.63. The molecular formula is C14H20BrNO2. The van der Waals surface area contributed by atoms with Gasteiger partial charge in [0.2, 0.25) is 0 Å². The molecule has 1 aromatic rings. The van der Waals surface area contributed by atoms with Crippen molar-refractivity contribution in [2.24, 2.45) is 5.73 Å². The van der Waals surface area contributed by atoms with E-state index in [1.165, 1.54) is 5.57 Å². The molecule has 1 rings (SSSR count). The van der Waals surface area contributed by atoms with Crippen LogP contribution in [0.25, 0.3) is 6.08 Å². The van der Waals surface area contributed by atoms with E-state index in [0.717, 1.165) is 28.0 Å². The van der Waals surface area contributed by atoms with E-state index in [1.54, 1.807) is 7.11 Å². The van der Waals surface area contributed by atoms with Crippen LogP contribution >= 0.6 is 15.9 Å². The molecule has 0 aromatic heterocycles. The molecule has 0 aliphatic rings. The first-order chi connectivity index (χ1) is 8.65. The van der Waals surface area contributed by atoms with Crippen LogP contribution in [0.5, 0.6) is 11.5 Å². The summed E-state index contributed by atoms with van der Waals surface area (Å²) in [5.41, 5.74) is 7.95. The van der Waals surface area contributed by atoms with Gasteiger partial charge in [0.05, 0.1) is 18.2 Å². The largest absolute Gasteiger partial charge is 0.492 e. The Morgan fingerprint density at radius 2 is 2.11 bits per heavy atom. The number of hydrogen-bond donors (Lipinski definition) is 1. The molecule has 4 heteroatoms. The van der Waals surface area contributed by atoms with Gasteiger partial charge in [0, 0.05) is 6.54 Å². The van der Waals surface area contributed by atoms with Crippen molar-refractivity contribution < 1.29 is 9.47 Å². The minimum atomic E-state index is 0.574. The molecule has 100 valence electrons. The minimum absolute atomic E-state index is 0.574. The molecule has 0 heterocycles. The topological polar surface area (TPSA) is 44.5 Å². The lowest BCUT2D eigenvalue weighted by Gasteiger charge is -2.12. The first-order valence-corrected chi connectivity index (χ1v) is 6.85. The van der Waals surface area contributed by atoms with Gasteiger partial charge in [0.1, 0.15) is 0 Å². The number of nitrogens with two attached hydrogens (primary N) is 1. The van der Waals surface area contributed by atoms with Crippen molar-refractivity contribution in [1.82, 2.24) is 0 Å². The van der Waals surface area contributed by atoms with Crippen molar-refractivity contribution in [2.75, 3.05) is 20.3 Å². The molecule has 18 heavy (non-hydrogen) atoms. The molecule has 3 nitrogen and oxygen atoms in total. The SMILES string of the molecule is CCOc1cc(C=C(CC)CN)cc(Br)c1OC. The molecule has 0 saturated carbocycles. The summed E-state index contributed by atoms with van der Waals surface area (Å²) >= 11 is 3.50. The highest BCUT2D eigenvalue weighted by Crippen LogP contribution is 2.37. The quantitative estimate of drug-likeness (QED) is 0.872. The van der Waals surface area contributed by atoms with E-state index in [1.807, 2.05) is 19.1 Å². The van der Waals surface area contributed by atoms with E-state index in [2.05, 4.69) is 28.9 Å². The van der Waals surface area contributed by atoms with E-state index in [0.29, 0.717) is 13.2 Å². The maximum Gasteiger partial charge on any atom is 0.174 e. The molecule has 0 bridgehead atoms. The molecule has 0 saturated heterocycles. The van der Waals surface area contributed by atoms with Crippen molar-refractivity contribution in [3.63, 3.8) is 0 Å². The number of rotatable bonds is 6. The molecule has 0 fully saturated rings. The number of methoxy groups -OCH3 is 1. The lowest BCUT2D eigenvalue weighted by atomic mass is 10.1. The number of ether oxygens (including phenoxy) is 2. The highest BCUT2D eigenvalue weighted by atomic mass is 79.9. The fraction of sp³-hybridized carbons (Fsp3) is 0.429. The maximum absolute atomic E-state index is 5.69. The molecule has 0 aliphatic carbocycles. The zero-order valence-corrected chi connectivity index (χ0v) is 12.7. The van der Waals surface area contributed by atoms with Crippen molar-refractivity contribution in [3.8, 4) is 11.5 Å². The Hall–Kier alpha value is -1.00. The lowest BCUT2D eigenvalue weighted by molar-refractivity contribution is 0.310. The summed E-state index contributed by atoms with van der Waals surface area (Å²) < 4.78 is 11.8. The predicted octanol–water partition coefficient (Wildman–Crippen LogP) is 3.61. The maximum atomic E-state index is 5.69. The molecule has 0 radical (unpaired) electrons.